The molecule has 1 N–H and O–H groups in total. The normalized spacial score (nSPS) is 16.7. The summed E-state index contributed by atoms with van der Waals surface area (Å²) in [5.74, 6) is -0.593. The van der Waals surface area contributed by atoms with Crippen LogP contribution in [0, 0.1) is 5.82 Å². The van der Waals surface area contributed by atoms with E-state index >= 15 is 0 Å². The molecule has 1 aromatic carbocycles. The number of hydrogen-bond acceptors (Lipinski definition) is 5. The van der Waals surface area contributed by atoms with E-state index in [-0.39, 0.29) is 29.9 Å². The van der Waals surface area contributed by atoms with E-state index in [2.05, 4.69) is 10.3 Å². The van der Waals surface area contributed by atoms with Crippen LogP contribution >= 0.6 is 11.3 Å². The molecule has 27 heavy (non-hydrogen) atoms. The average molecular weight is 387 g/mol. The molecule has 0 spiro atoms. The van der Waals surface area contributed by atoms with E-state index in [9.17, 15) is 14.0 Å². The number of amides is 1. The van der Waals surface area contributed by atoms with Crippen LogP contribution < -0.4 is 10.9 Å². The fourth-order valence-corrected chi connectivity index (χ4v) is 4.07. The first-order valence-electron chi connectivity index (χ1n) is 8.72. The summed E-state index contributed by atoms with van der Waals surface area (Å²) in [4.78, 5) is 30.0. The second-order valence-electron chi connectivity index (χ2n) is 6.45. The standard InChI is InChI=1S/C19H18FN3O3S/c20-13-5-3-12(4-6-13)15-10-27-18-17(15)19(25)23(11-22-18)9-16(24)21-8-14-2-1-7-26-14/h3-6,10-11,14H,1-2,7-9H2,(H,21,24)/t14-/m0/s1. The highest BCUT2D eigenvalue weighted by atomic mass is 32.1. The Kier molecular flexibility index (Phi) is 5.00. The van der Waals surface area contributed by atoms with Crippen molar-refractivity contribution in [3.63, 3.8) is 0 Å². The van der Waals surface area contributed by atoms with E-state index < -0.39 is 0 Å². The fourth-order valence-electron chi connectivity index (χ4n) is 3.17. The van der Waals surface area contributed by atoms with Crippen LogP contribution in [0.3, 0.4) is 0 Å². The molecule has 0 saturated carbocycles. The van der Waals surface area contributed by atoms with E-state index in [1.165, 1.54) is 34.4 Å². The summed E-state index contributed by atoms with van der Waals surface area (Å²) < 4.78 is 20.0. The minimum atomic E-state index is -0.336. The number of fused-ring (bicyclic) bond motifs is 1. The van der Waals surface area contributed by atoms with Crippen LogP contribution in [-0.4, -0.2) is 34.7 Å². The Morgan fingerprint density at radius 3 is 2.93 bits per heavy atom. The lowest BCUT2D eigenvalue weighted by atomic mass is 10.1. The van der Waals surface area contributed by atoms with Gasteiger partial charge in [0.05, 0.1) is 17.8 Å². The van der Waals surface area contributed by atoms with Gasteiger partial charge in [0, 0.05) is 24.1 Å². The van der Waals surface area contributed by atoms with Crippen molar-refractivity contribution >= 4 is 27.5 Å². The van der Waals surface area contributed by atoms with Gasteiger partial charge in [-0.2, -0.15) is 0 Å². The molecule has 0 aliphatic carbocycles. The number of hydrogen-bond donors (Lipinski definition) is 1. The fraction of sp³-hybridized carbons (Fsp3) is 0.316. The van der Waals surface area contributed by atoms with Crippen molar-refractivity contribution in [3.8, 4) is 11.1 Å². The molecule has 4 rings (SSSR count). The molecule has 6 nitrogen and oxygen atoms in total. The van der Waals surface area contributed by atoms with Crippen molar-refractivity contribution in [2.45, 2.75) is 25.5 Å². The third-order valence-electron chi connectivity index (χ3n) is 4.58. The smallest absolute Gasteiger partial charge is 0.263 e. The van der Waals surface area contributed by atoms with Crippen molar-refractivity contribution in [1.29, 1.82) is 0 Å². The van der Waals surface area contributed by atoms with Crippen LogP contribution in [0.1, 0.15) is 12.8 Å². The Morgan fingerprint density at radius 2 is 2.19 bits per heavy atom. The van der Waals surface area contributed by atoms with E-state index in [0.717, 1.165) is 25.0 Å². The maximum Gasteiger partial charge on any atom is 0.263 e. The second kappa shape index (κ2) is 7.58. The molecule has 0 radical (unpaired) electrons. The van der Waals surface area contributed by atoms with Crippen molar-refractivity contribution in [2.75, 3.05) is 13.2 Å². The molecule has 1 aliphatic heterocycles. The Morgan fingerprint density at radius 1 is 1.37 bits per heavy atom. The van der Waals surface area contributed by atoms with Gasteiger partial charge in [0.1, 0.15) is 17.2 Å². The van der Waals surface area contributed by atoms with Crippen LogP contribution in [0.5, 0.6) is 0 Å². The van der Waals surface area contributed by atoms with E-state index in [0.29, 0.717) is 22.3 Å². The highest BCUT2D eigenvalue weighted by Crippen LogP contribution is 2.30. The summed E-state index contributed by atoms with van der Waals surface area (Å²) >= 11 is 1.35. The number of thiophene rings is 1. The van der Waals surface area contributed by atoms with Gasteiger partial charge in [-0.1, -0.05) is 12.1 Å². The quantitative estimate of drug-likeness (QED) is 0.730. The Hall–Kier alpha value is -2.58. The number of rotatable bonds is 5. The van der Waals surface area contributed by atoms with Crippen molar-refractivity contribution in [2.24, 2.45) is 0 Å². The molecule has 2 aromatic heterocycles. The number of benzene rings is 1. The average Bonchev–Trinajstić information content (AvgIpc) is 3.33. The van der Waals surface area contributed by atoms with Gasteiger partial charge < -0.3 is 10.1 Å². The number of halogens is 1. The van der Waals surface area contributed by atoms with E-state index in [4.69, 9.17) is 4.74 Å². The Balaban J connectivity index is 1.57. The summed E-state index contributed by atoms with van der Waals surface area (Å²) in [7, 11) is 0. The van der Waals surface area contributed by atoms with Gasteiger partial charge in [0.15, 0.2) is 0 Å². The number of carbonyl (C=O) groups is 1. The Bertz CT molecular complexity index is 1020. The molecule has 1 amide bonds. The number of carbonyl (C=O) groups excluding carboxylic acids is 1. The summed E-state index contributed by atoms with van der Waals surface area (Å²) in [6, 6.07) is 5.96. The summed E-state index contributed by atoms with van der Waals surface area (Å²) in [6.07, 6.45) is 3.38. The first-order chi connectivity index (χ1) is 13.1. The molecule has 0 bridgehead atoms. The topological polar surface area (TPSA) is 73.2 Å². The molecule has 8 heteroatoms. The Labute approximate surface area is 158 Å². The van der Waals surface area contributed by atoms with E-state index in [1.54, 1.807) is 12.1 Å². The molecular formula is C19H18FN3O3S. The number of aromatic nitrogens is 2. The third-order valence-corrected chi connectivity index (χ3v) is 5.47. The lowest BCUT2D eigenvalue weighted by Crippen LogP contribution is -2.36. The van der Waals surface area contributed by atoms with Crippen LogP contribution in [0.15, 0.2) is 40.8 Å². The maximum absolute atomic E-state index is 13.2. The van der Waals surface area contributed by atoms with Gasteiger partial charge in [0.2, 0.25) is 5.91 Å². The predicted molar refractivity (Wildman–Crippen MR) is 101 cm³/mol. The highest BCUT2D eigenvalue weighted by Gasteiger charge is 2.18. The van der Waals surface area contributed by atoms with Crippen LogP contribution in [-0.2, 0) is 16.1 Å². The molecule has 1 aliphatic rings. The zero-order valence-corrected chi connectivity index (χ0v) is 15.3. The van der Waals surface area contributed by atoms with Gasteiger partial charge >= 0.3 is 0 Å². The van der Waals surface area contributed by atoms with Gasteiger partial charge in [-0.05, 0) is 30.5 Å². The molecular weight excluding hydrogens is 369 g/mol. The number of nitrogens with one attached hydrogen (secondary N) is 1. The SMILES string of the molecule is O=C(Cn1cnc2scc(-c3ccc(F)cc3)c2c1=O)NC[C@@H]1CCCO1. The zero-order valence-electron chi connectivity index (χ0n) is 14.5. The monoisotopic (exact) mass is 387 g/mol. The maximum atomic E-state index is 13.2. The molecule has 3 heterocycles. The van der Waals surface area contributed by atoms with Crippen LogP contribution in [0.4, 0.5) is 4.39 Å². The predicted octanol–water partition coefficient (Wildman–Crippen LogP) is 2.56. The highest BCUT2D eigenvalue weighted by molar-refractivity contribution is 7.17. The third kappa shape index (κ3) is 3.77. The van der Waals surface area contributed by atoms with Crippen LogP contribution in [0.2, 0.25) is 0 Å². The van der Waals surface area contributed by atoms with Gasteiger partial charge in [-0.3, -0.25) is 14.2 Å². The first-order valence-corrected chi connectivity index (χ1v) is 9.60. The van der Waals surface area contributed by atoms with Crippen molar-refractivity contribution < 1.29 is 13.9 Å². The molecule has 1 fully saturated rings. The summed E-state index contributed by atoms with van der Waals surface area (Å²) in [6.45, 7) is 1.07. The van der Waals surface area contributed by atoms with Crippen LogP contribution in [0.25, 0.3) is 21.3 Å². The summed E-state index contributed by atoms with van der Waals surface area (Å²) in [5, 5.41) is 5.08. The molecule has 0 unspecified atom stereocenters. The molecule has 3 aromatic rings. The lowest BCUT2D eigenvalue weighted by Gasteiger charge is -2.11. The molecule has 1 saturated heterocycles. The molecule has 1 atom stereocenters. The second-order valence-corrected chi connectivity index (χ2v) is 7.31. The van der Waals surface area contributed by atoms with Crippen molar-refractivity contribution in [3.05, 3.63) is 52.1 Å². The minimum Gasteiger partial charge on any atom is -0.376 e. The van der Waals surface area contributed by atoms with Gasteiger partial charge in [0.25, 0.3) is 5.56 Å². The summed E-state index contributed by atoms with van der Waals surface area (Å²) in [5.41, 5.74) is 1.15. The lowest BCUT2D eigenvalue weighted by molar-refractivity contribution is -0.122. The largest absolute Gasteiger partial charge is 0.376 e. The number of nitrogens with zero attached hydrogens (tertiary/aromatic N) is 2. The van der Waals surface area contributed by atoms with Crippen molar-refractivity contribution in [1.82, 2.24) is 14.9 Å². The first kappa shape index (κ1) is 17.8. The van der Waals surface area contributed by atoms with Gasteiger partial charge in [-0.15, -0.1) is 11.3 Å². The minimum absolute atomic E-state index is 0.0493. The molecule has 140 valence electrons. The van der Waals surface area contributed by atoms with Gasteiger partial charge in [-0.25, -0.2) is 9.37 Å². The number of ether oxygens (including phenoxy) is 1. The van der Waals surface area contributed by atoms with E-state index in [1.807, 2.05) is 5.38 Å². The zero-order chi connectivity index (χ0) is 18.8.